The molecule has 0 heterocycles. The average Bonchev–Trinajstić information content (AvgIpc) is 3.44. The molecule has 0 saturated heterocycles. The van der Waals surface area contributed by atoms with Gasteiger partial charge in [-0.15, -0.1) is 0 Å². The van der Waals surface area contributed by atoms with E-state index in [1.807, 2.05) is 0 Å². The monoisotopic (exact) mass is 663 g/mol. The highest BCUT2D eigenvalue weighted by Crippen LogP contribution is 2.54. The smallest absolute Gasteiger partial charge is 0.0625 e. The van der Waals surface area contributed by atoms with E-state index in [-0.39, 0.29) is 5.41 Å². The maximum atomic E-state index is 2.54. The Morgan fingerprint density at radius 2 is 0.923 bits per heavy atom. The Morgan fingerprint density at radius 1 is 0.365 bits per heavy atom. The number of benzene rings is 9. The van der Waals surface area contributed by atoms with E-state index in [4.69, 9.17) is 0 Å². The lowest BCUT2D eigenvalue weighted by atomic mass is 9.82. The van der Waals surface area contributed by atoms with Gasteiger partial charge in [-0.25, -0.2) is 0 Å². The minimum absolute atomic E-state index is 0.136. The summed E-state index contributed by atoms with van der Waals surface area (Å²) in [6.45, 7) is 4.74. The van der Waals surface area contributed by atoms with Crippen molar-refractivity contribution in [2.75, 3.05) is 4.90 Å². The average molecular weight is 664 g/mol. The van der Waals surface area contributed by atoms with Crippen LogP contribution in [-0.4, -0.2) is 0 Å². The van der Waals surface area contributed by atoms with Crippen molar-refractivity contribution < 1.29 is 0 Å². The Morgan fingerprint density at radius 3 is 1.75 bits per heavy atom. The van der Waals surface area contributed by atoms with E-state index in [9.17, 15) is 0 Å². The van der Waals surface area contributed by atoms with Crippen molar-refractivity contribution in [1.29, 1.82) is 0 Å². The Balaban J connectivity index is 1.35. The zero-order valence-electron chi connectivity index (χ0n) is 29.3. The molecular formula is C51H37N. The van der Waals surface area contributed by atoms with Crippen molar-refractivity contribution in [3.05, 3.63) is 199 Å². The van der Waals surface area contributed by atoms with Crippen LogP contribution in [0.25, 0.3) is 65.7 Å². The molecule has 0 radical (unpaired) electrons. The summed E-state index contributed by atoms with van der Waals surface area (Å²) in [6, 6.07) is 69.3. The van der Waals surface area contributed by atoms with Crippen LogP contribution in [0.3, 0.4) is 0 Å². The van der Waals surface area contributed by atoms with Gasteiger partial charge in [-0.1, -0.05) is 178 Å². The number of fused-ring (bicyclic) bond motifs is 7. The largest absolute Gasteiger partial charge is 0.309 e. The molecule has 1 heteroatoms. The van der Waals surface area contributed by atoms with Crippen LogP contribution in [0.2, 0.25) is 0 Å². The number of rotatable bonds is 5. The van der Waals surface area contributed by atoms with Crippen molar-refractivity contribution in [2.24, 2.45) is 0 Å². The second kappa shape index (κ2) is 11.8. The fourth-order valence-corrected chi connectivity index (χ4v) is 8.76. The van der Waals surface area contributed by atoms with Gasteiger partial charge in [-0.2, -0.15) is 0 Å². The topological polar surface area (TPSA) is 3.24 Å². The van der Waals surface area contributed by atoms with E-state index in [0.29, 0.717) is 0 Å². The Labute approximate surface area is 305 Å². The van der Waals surface area contributed by atoms with Crippen LogP contribution in [-0.2, 0) is 5.41 Å². The number of hydrogen-bond acceptors (Lipinski definition) is 1. The van der Waals surface area contributed by atoms with Gasteiger partial charge in [0.15, 0.2) is 0 Å². The SMILES string of the molecule is CC1(C)c2ccccc2-c2ccc(N(c3cccc(-c4ccccc4)c3)c3c(-c4cccc5ccccc45)c4ccccc4c4ccccc34)cc21. The fraction of sp³-hybridized carbons (Fsp3) is 0.0588. The molecule has 0 spiro atoms. The third kappa shape index (κ3) is 4.63. The first-order chi connectivity index (χ1) is 25.6. The molecule has 0 saturated carbocycles. The van der Waals surface area contributed by atoms with Crippen molar-refractivity contribution >= 4 is 49.4 Å². The second-order valence-corrected chi connectivity index (χ2v) is 14.5. The molecule has 0 N–H and O–H groups in total. The van der Waals surface area contributed by atoms with Gasteiger partial charge in [0.2, 0.25) is 0 Å². The molecule has 0 fully saturated rings. The van der Waals surface area contributed by atoms with Crippen LogP contribution in [0, 0.1) is 0 Å². The standard InChI is InChI=1S/C51H37N/c1-51(2)47-29-13-12-25-42(47)43-31-30-38(33-48(43)51)52(37-21-14-20-36(32-37)34-16-4-3-5-17-34)50-46-27-11-9-24-41(46)40-23-8-10-26-45(40)49(50)44-28-15-19-35-18-6-7-22-39(35)44/h3-33H,1-2H3. The summed E-state index contributed by atoms with van der Waals surface area (Å²) in [5.41, 5.74) is 13.6. The predicted molar refractivity (Wildman–Crippen MR) is 222 cm³/mol. The van der Waals surface area contributed by atoms with Crippen LogP contribution in [0.4, 0.5) is 17.1 Å². The normalized spacial score (nSPS) is 13.0. The molecule has 0 atom stereocenters. The highest BCUT2D eigenvalue weighted by atomic mass is 15.1. The molecule has 1 aliphatic rings. The van der Waals surface area contributed by atoms with Crippen LogP contribution < -0.4 is 4.90 Å². The van der Waals surface area contributed by atoms with E-state index in [2.05, 4.69) is 207 Å². The second-order valence-electron chi connectivity index (χ2n) is 14.5. The predicted octanol–water partition coefficient (Wildman–Crippen LogP) is 14.3. The van der Waals surface area contributed by atoms with Crippen molar-refractivity contribution in [1.82, 2.24) is 0 Å². The summed E-state index contributed by atoms with van der Waals surface area (Å²) in [6.07, 6.45) is 0. The van der Waals surface area contributed by atoms with E-state index >= 15 is 0 Å². The molecule has 246 valence electrons. The van der Waals surface area contributed by atoms with Crippen molar-refractivity contribution in [2.45, 2.75) is 19.3 Å². The number of anilines is 3. The first kappa shape index (κ1) is 30.4. The van der Waals surface area contributed by atoms with E-state index < -0.39 is 0 Å². The van der Waals surface area contributed by atoms with Crippen molar-refractivity contribution in [3.63, 3.8) is 0 Å². The zero-order valence-corrected chi connectivity index (χ0v) is 29.3. The van der Waals surface area contributed by atoms with Crippen LogP contribution >= 0.6 is 0 Å². The first-order valence-electron chi connectivity index (χ1n) is 18.2. The third-order valence-corrected chi connectivity index (χ3v) is 11.2. The fourth-order valence-electron chi connectivity index (χ4n) is 8.76. The minimum atomic E-state index is -0.136. The maximum Gasteiger partial charge on any atom is 0.0625 e. The van der Waals surface area contributed by atoms with Gasteiger partial charge in [-0.05, 0) is 90.1 Å². The zero-order chi connectivity index (χ0) is 34.8. The van der Waals surface area contributed by atoms with E-state index in [0.717, 1.165) is 11.4 Å². The molecule has 1 aliphatic carbocycles. The molecule has 0 unspecified atom stereocenters. The lowest BCUT2D eigenvalue weighted by Gasteiger charge is -2.32. The Bertz CT molecular complexity index is 2820. The lowest BCUT2D eigenvalue weighted by molar-refractivity contribution is 0.660. The summed E-state index contributed by atoms with van der Waals surface area (Å²) in [5.74, 6) is 0. The number of nitrogens with zero attached hydrogens (tertiary/aromatic N) is 1. The van der Waals surface area contributed by atoms with Gasteiger partial charge < -0.3 is 4.90 Å². The molecule has 0 amide bonds. The number of hydrogen-bond donors (Lipinski definition) is 0. The molecule has 52 heavy (non-hydrogen) atoms. The molecule has 1 nitrogen and oxygen atoms in total. The highest BCUT2D eigenvalue weighted by molar-refractivity contribution is 6.24. The minimum Gasteiger partial charge on any atom is -0.309 e. The molecule has 0 bridgehead atoms. The van der Waals surface area contributed by atoms with Crippen molar-refractivity contribution in [3.8, 4) is 33.4 Å². The quantitative estimate of drug-likeness (QED) is 0.166. The van der Waals surface area contributed by atoms with Gasteiger partial charge in [0.05, 0.1) is 5.69 Å². The van der Waals surface area contributed by atoms with E-state index in [1.54, 1.807) is 0 Å². The van der Waals surface area contributed by atoms with Crippen LogP contribution in [0.15, 0.2) is 188 Å². The summed E-state index contributed by atoms with van der Waals surface area (Å²) in [5, 5.41) is 7.44. The highest BCUT2D eigenvalue weighted by Gasteiger charge is 2.36. The molecule has 10 rings (SSSR count). The lowest BCUT2D eigenvalue weighted by Crippen LogP contribution is -2.17. The van der Waals surface area contributed by atoms with Gasteiger partial charge in [0, 0.05) is 27.7 Å². The summed E-state index contributed by atoms with van der Waals surface area (Å²) in [7, 11) is 0. The molecular weight excluding hydrogens is 627 g/mol. The Kier molecular flexibility index (Phi) is 6.91. The summed E-state index contributed by atoms with van der Waals surface area (Å²) < 4.78 is 0. The van der Waals surface area contributed by atoms with Gasteiger partial charge in [0.25, 0.3) is 0 Å². The molecule has 9 aromatic rings. The Hall–Kier alpha value is -6.44. The molecule has 0 aromatic heterocycles. The summed E-state index contributed by atoms with van der Waals surface area (Å²) >= 11 is 0. The maximum absolute atomic E-state index is 2.54. The van der Waals surface area contributed by atoms with Crippen LogP contribution in [0.5, 0.6) is 0 Å². The van der Waals surface area contributed by atoms with E-state index in [1.165, 1.54) is 82.5 Å². The van der Waals surface area contributed by atoms with Gasteiger partial charge >= 0.3 is 0 Å². The first-order valence-corrected chi connectivity index (χ1v) is 18.2. The molecule has 0 aliphatic heterocycles. The van der Waals surface area contributed by atoms with Crippen LogP contribution in [0.1, 0.15) is 25.0 Å². The molecule has 9 aromatic carbocycles. The summed E-state index contributed by atoms with van der Waals surface area (Å²) in [4.78, 5) is 2.54. The third-order valence-electron chi connectivity index (χ3n) is 11.2. The van der Waals surface area contributed by atoms with Gasteiger partial charge in [0.1, 0.15) is 0 Å². The van der Waals surface area contributed by atoms with Gasteiger partial charge in [-0.3, -0.25) is 0 Å².